The van der Waals surface area contributed by atoms with Crippen LogP contribution < -0.4 is 5.32 Å². The minimum atomic E-state index is 0.0159. The highest BCUT2D eigenvalue weighted by atomic mass is 16.5. The molecule has 3 nitrogen and oxygen atoms in total. The lowest BCUT2D eigenvalue weighted by Crippen LogP contribution is -2.54. The summed E-state index contributed by atoms with van der Waals surface area (Å²) in [6.07, 6.45) is 2.53. The zero-order chi connectivity index (χ0) is 12.9. The van der Waals surface area contributed by atoms with Crippen molar-refractivity contribution in [3.63, 3.8) is 0 Å². The van der Waals surface area contributed by atoms with Crippen molar-refractivity contribution >= 4 is 0 Å². The van der Waals surface area contributed by atoms with Gasteiger partial charge in [-0.3, -0.25) is 4.90 Å². The standard InChI is InChI=1S/C14H30N2O/c1-6-7-13(10-15-12(2)3)16-8-9-17-14(4,5)11-16/h12-13,15H,6-11H2,1-5H3. The van der Waals surface area contributed by atoms with Gasteiger partial charge in [-0.05, 0) is 20.3 Å². The van der Waals surface area contributed by atoms with E-state index in [9.17, 15) is 0 Å². The number of ether oxygens (including phenoxy) is 1. The fourth-order valence-electron chi connectivity index (χ4n) is 2.48. The van der Waals surface area contributed by atoms with Gasteiger partial charge in [-0.1, -0.05) is 27.2 Å². The third-order valence-electron chi connectivity index (χ3n) is 3.36. The number of morpholine rings is 1. The highest BCUT2D eigenvalue weighted by Crippen LogP contribution is 2.20. The molecule has 0 aromatic carbocycles. The molecule has 0 aromatic heterocycles. The molecule has 3 heteroatoms. The summed E-state index contributed by atoms with van der Waals surface area (Å²) in [5, 5.41) is 3.57. The van der Waals surface area contributed by atoms with E-state index in [1.807, 2.05) is 0 Å². The second-order valence-electron chi connectivity index (χ2n) is 6.08. The molecule has 0 aromatic rings. The number of hydrogen-bond donors (Lipinski definition) is 1. The van der Waals surface area contributed by atoms with Gasteiger partial charge in [0.1, 0.15) is 0 Å². The summed E-state index contributed by atoms with van der Waals surface area (Å²) in [4.78, 5) is 2.60. The van der Waals surface area contributed by atoms with Crippen LogP contribution in [0.2, 0.25) is 0 Å². The van der Waals surface area contributed by atoms with Gasteiger partial charge in [-0.15, -0.1) is 0 Å². The zero-order valence-electron chi connectivity index (χ0n) is 12.3. The molecule has 0 aliphatic carbocycles. The van der Waals surface area contributed by atoms with Gasteiger partial charge in [-0.2, -0.15) is 0 Å². The monoisotopic (exact) mass is 242 g/mol. The molecule has 1 unspecified atom stereocenters. The summed E-state index contributed by atoms with van der Waals surface area (Å²) in [5.74, 6) is 0. The summed E-state index contributed by atoms with van der Waals surface area (Å²) in [7, 11) is 0. The van der Waals surface area contributed by atoms with Crippen LogP contribution in [0.25, 0.3) is 0 Å². The van der Waals surface area contributed by atoms with Gasteiger partial charge < -0.3 is 10.1 Å². The normalized spacial score (nSPS) is 22.9. The van der Waals surface area contributed by atoms with Gasteiger partial charge in [0.25, 0.3) is 0 Å². The Morgan fingerprint density at radius 3 is 2.59 bits per heavy atom. The van der Waals surface area contributed by atoms with Crippen molar-refractivity contribution < 1.29 is 4.74 Å². The first kappa shape index (κ1) is 14.9. The molecule has 1 aliphatic heterocycles. The number of rotatable bonds is 6. The zero-order valence-corrected chi connectivity index (χ0v) is 12.3. The molecule has 0 radical (unpaired) electrons. The Balaban J connectivity index is 2.50. The SMILES string of the molecule is CCCC(CNC(C)C)N1CCOC(C)(C)C1. The van der Waals surface area contributed by atoms with E-state index in [2.05, 4.69) is 44.8 Å². The van der Waals surface area contributed by atoms with E-state index in [4.69, 9.17) is 4.74 Å². The first-order valence-electron chi connectivity index (χ1n) is 7.06. The summed E-state index contributed by atoms with van der Waals surface area (Å²) in [5.41, 5.74) is 0.0159. The third kappa shape index (κ3) is 5.36. The molecule has 0 amide bonds. The Kier molecular flexibility index (Phi) is 5.90. The molecule has 1 saturated heterocycles. The molecule has 1 rings (SSSR count). The molecule has 0 spiro atoms. The average molecular weight is 242 g/mol. The average Bonchev–Trinajstić information content (AvgIpc) is 2.22. The number of nitrogens with one attached hydrogen (secondary N) is 1. The van der Waals surface area contributed by atoms with E-state index in [0.29, 0.717) is 12.1 Å². The molecular weight excluding hydrogens is 212 g/mol. The van der Waals surface area contributed by atoms with E-state index in [0.717, 1.165) is 26.2 Å². The second kappa shape index (κ2) is 6.72. The number of nitrogens with zero attached hydrogens (tertiary/aromatic N) is 1. The summed E-state index contributed by atoms with van der Waals surface area (Å²) in [6, 6.07) is 1.23. The lowest BCUT2D eigenvalue weighted by atomic mass is 10.0. The van der Waals surface area contributed by atoms with Crippen LogP contribution in [0.1, 0.15) is 47.5 Å². The first-order valence-corrected chi connectivity index (χ1v) is 7.06. The fourth-order valence-corrected chi connectivity index (χ4v) is 2.48. The van der Waals surface area contributed by atoms with Gasteiger partial charge >= 0.3 is 0 Å². The molecular formula is C14H30N2O. The molecule has 17 heavy (non-hydrogen) atoms. The topological polar surface area (TPSA) is 24.5 Å². The smallest absolute Gasteiger partial charge is 0.0753 e. The lowest BCUT2D eigenvalue weighted by Gasteiger charge is -2.42. The lowest BCUT2D eigenvalue weighted by molar-refractivity contribution is -0.0976. The fraction of sp³-hybridized carbons (Fsp3) is 1.00. The highest BCUT2D eigenvalue weighted by molar-refractivity contribution is 4.84. The highest BCUT2D eigenvalue weighted by Gasteiger charge is 2.30. The van der Waals surface area contributed by atoms with Gasteiger partial charge in [0.2, 0.25) is 0 Å². The van der Waals surface area contributed by atoms with Gasteiger partial charge in [0.15, 0.2) is 0 Å². The van der Waals surface area contributed by atoms with Gasteiger partial charge in [0, 0.05) is 31.7 Å². The van der Waals surface area contributed by atoms with Crippen molar-refractivity contribution in [2.24, 2.45) is 0 Å². The first-order chi connectivity index (χ1) is 7.94. The van der Waals surface area contributed by atoms with E-state index in [1.165, 1.54) is 12.8 Å². The Morgan fingerprint density at radius 1 is 1.35 bits per heavy atom. The molecule has 0 saturated carbocycles. The number of hydrogen-bond acceptors (Lipinski definition) is 3. The largest absolute Gasteiger partial charge is 0.373 e. The van der Waals surface area contributed by atoms with E-state index >= 15 is 0 Å². The van der Waals surface area contributed by atoms with Gasteiger partial charge in [-0.25, -0.2) is 0 Å². The predicted octanol–water partition coefficient (Wildman–Crippen LogP) is 2.26. The Hall–Kier alpha value is -0.120. The van der Waals surface area contributed by atoms with Crippen LogP contribution >= 0.6 is 0 Å². The minimum absolute atomic E-state index is 0.0159. The maximum atomic E-state index is 5.79. The van der Waals surface area contributed by atoms with Crippen molar-refractivity contribution in [3.05, 3.63) is 0 Å². The molecule has 102 valence electrons. The maximum Gasteiger partial charge on any atom is 0.0753 e. The Labute approximate surface area is 107 Å². The van der Waals surface area contributed by atoms with Crippen molar-refractivity contribution in [2.75, 3.05) is 26.2 Å². The van der Waals surface area contributed by atoms with Crippen LogP contribution in [0.15, 0.2) is 0 Å². The predicted molar refractivity (Wildman–Crippen MR) is 73.4 cm³/mol. The van der Waals surface area contributed by atoms with Crippen LogP contribution in [0, 0.1) is 0 Å². The summed E-state index contributed by atoms with van der Waals surface area (Å²) < 4.78 is 5.79. The van der Waals surface area contributed by atoms with E-state index in [1.54, 1.807) is 0 Å². The van der Waals surface area contributed by atoms with Crippen LogP contribution in [0.3, 0.4) is 0 Å². The van der Waals surface area contributed by atoms with Crippen LogP contribution in [0.4, 0.5) is 0 Å². The maximum absolute atomic E-state index is 5.79. The molecule has 1 atom stereocenters. The van der Waals surface area contributed by atoms with Crippen molar-refractivity contribution in [3.8, 4) is 0 Å². The molecule has 1 N–H and O–H groups in total. The van der Waals surface area contributed by atoms with Crippen molar-refractivity contribution in [1.82, 2.24) is 10.2 Å². The van der Waals surface area contributed by atoms with Crippen LogP contribution in [-0.4, -0.2) is 48.8 Å². The van der Waals surface area contributed by atoms with E-state index in [-0.39, 0.29) is 5.60 Å². The van der Waals surface area contributed by atoms with Gasteiger partial charge in [0.05, 0.1) is 12.2 Å². The molecule has 1 heterocycles. The molecule has 1 aliphatic rings. The second-order valence-corrected chi connectivity index (χ2v) is 6.08. The molecule has 1 fully saturated rings. The summed E-state index contributed by atoms with van der Waals surface area (Å²) in [6.45, 7) is 15.2. The van der Waals surface area contributed by atoms with Crippen LogP contribution in [-0.2, 0) is 4.74 Å². The van der Waals surface area contributed by atoms with Crippen molar-refractivity contribution in [2.45, 2.75) is 65.1 Å². The molecule has 0 bridgehead atoms. The van der Waals surface area contributed by atoms with Crippen molar-refractivity contribution in [1.29, 1.82) is 0 Å². The summed E-state index contributed by atoms with van der Waals surface area (Å²) >= 11 is 0. The Bertz CT molecular complexity index is 216. The Morgan fingerprint density at radius 2 is 2.06 bits per heavy atom. The third-order valence-corrected chi connectivity index (χ3v) is 3.36. The minimum Gasteiger partial charge on any atom is -0.373 e. The quantitative estimate of drug-likeness (QED) is 0.773. The van der Waals surface area contributed by atoms with E-state index < -0.39 is 0 Å². The van der Waals surface area contributed by atoms with Crippen LogP contribution in [0.5, 0.6) is 0 Å².